The molecule has 2 fully saturated rings. The van der Waals surface area contributed by atoms with E-state index in [2.05, 4.69) is 34.4 Å². The number of hydrogen-bond donors (Lipinski definition) is 3. The number of nitrogens with zero attached hydrogens (tertiary/aromatic N) is 4. The summed E-state index contributed by atoms with van der Waals surface area (Å²) in [5.74, 6) is 1.34. The number of carbonyl (C=O) groups excluding carboxylic acids is 1. The van der Waals surface area contributed by atoms with Crippen molar-refractivity contribution in [2.24, 2.45) is 5.92 Å². The Morgan fingerprint density at radius 2 is 1.97 bits per heavy atom. The molecule has 4 N–H and O–H groups in total. The molecule has 3 atom stereocenters. The van der Waals surface area contributed by atoms with E-state index in [1.807, 2.05) is 47.1 Å². The van der Waals surface area contributed by atoms with Crippen molar-refractivity contribution in [2.45, 2.75) is 44.7 Å². The van der Waals surface area contributed by atoms with E-state index in [4.69, 9.17) is 10.8 Å². The number of rotatable bonds is 5. The Balaban J connectivity index is 1.34. The molecule has 1 amide bonds. The van der Waals surface area contributed by atoms with Gasteiger partial charge in [-0.05, 0) is 61.1 Å². The molecule has 1 aliphatic carbocycles. The van der Waals surface area contributed by atoms with Crippen LogP contribution in [0, 0.1) is 5.92 Å². The molecule has 3 heterocycles. The minimum absolute atomic E-state index is 0.172. The Hall–Kier alpha value is -3.78. The topological polar surface area (TPSA) is 111 Å². The summed E-state index contributed by atoms with van der Waals surface area (Å²) in [4.78, 5) is 21.8. The molecule has 8 nitrogen and oxygen atoms in total. The second-order valence-electron chi connectivity index (χ2n) is 9.98. The predicted molar refractivity (Wildman–Crippen MR) is 137 cm³/mol. The minimum Gasteiger partial charge on any atom is -0.383 e. The smallest absolute Gasteiger partial charge is 0.255 e. The van der Waals surface area contributed by atoms with Gasteiger partial charge in [0.15, 0.2) is 5.65 Å². The third-order valence-corrected chi connectivity index (χ3v) is 7.36. The monoisotopic (exact) mass is 467 g/mol. The molecule has 1 aliphatic heterocycles. The number of nitrogens with one attached hydrogen (secondary N) is 2. The summed E-state index contributed by atoms with van der Waals surface area (Å²) in [5.41, 5.74) is 11.1. The fourth-order valence-electron chi connectivity index (χ4n) is 5.48. The minimum atomic E-state index is -0.172. The zero-order chi connectivity index (χ0) is 24.1. The van der Waals surface area contributed by atoms with E-state index < -0.39 is 0 Å². The van der Waals surface area contributed by atoms with Gasteiger partial charge in [0.2, 0.25) is 0 Å². The molecule has 8 heteroatoms. The van der Waals surface area contributed by atoms with Crippen molar-refractivity contribution in [2.75, 3.05) is 17.6 Å². The van der Waals surface area contributed by atoms with Crippen molar-refractivity contribution in [1.29, 1.82) is 0 Å². The molecule has 35 heavy (non-hydrogen) atoms. The van der Waals surface area contributed by atoms with Gasteiger partial charge in [0.25, 0.3) is 5.91 Å². The fraction of sp³-hybridized carbons (Fsp3) is 0.333. The molecule has 0 spiro atoms. The second kappa shape index (κ2) is 8.46. The van der Waals surface area contributed by atoms with Crippen molar-refractivity contribution in [3.8, 4) is 11.3 Å². The van der Waals surface area contributed by atoms with Crippen LogP contribution in [0.1, 0.15) is 54.6 Å². The summed E-state index contributed by atoms with van der Waals surface area (Å²) < 4.78 is 2.02. The third-order valence-electron chi connectivity index (χ3n) is 7.36. The Labute approximate surface area is 204 Å². The first-order valence-electron chi connectivity index (χ1n) is 12.2. The van der Waals surface area contributed by atoms with Crippen molar-refractivity contribution >= 4 is 28.4 Å². The Kier molecular flexibility index (Phi) is 5.25. The highest BCUT2D eigenvalue weighted by molar-refractivity contribution is 6.06. The van der Waals surface area contributed by atoms with Crippen molar-refractivity contribution in [1.82, 2.24) is 25.1 Å². The number of hydrogen-bond acceptors (Lipinski definition) is 6. The lowest BCUT2D eigenvalue weighted by Crippen LogP contribution is -2.35. The van der Waals surface area contributed by atoms with E-state index in [9.17, 15) is 4.79 Å². The highest BCUT2D eigenvalue weighted by Gasteiger charge is 2.42. The number of carbonyl (C=O) groups is 1. The summed E-state index contributed by atoms with van der Waals surface area (Å²) in [5, 5.41) is 12.3. The van der Waals surface area contributed by atoms with Crippen LogP contribution in [0.25, 0.3) is 22.3 Å². The number of fused-ring (bicyclic) bond motifs is 3. The van der Waals surface area contributed by atoms with E-state index >= 15 is 0 Å². The molecule has 1 saturated heterocycles. The Morgan fingerprint density at radius 3 is 2.69 bits per heavy atom. The lowest BCUT2D eigenvalue weighted by atomic mass is 10.0. The van der Waals surface area contributed by atoms with Gasteiger partial charge < -0.3 is 16.4 Å². The Morgan fingerprint density at radius 1 is 1.14 bits per heavy atom. The zero-order valence-electron chi connectivity index (χ0n) is 19.9. The summed E-state index contributed by atoms with van der Waals surface area (Å²) in [6.45, 7) is 5.37. The number of anilines is 2. The van der Waals surface area contributed by atoms with E-state index in [-0.39, 0.29) is 11.9 Å². The predicted octanol–water partition coefficient (Wildman–Crippen LogP) is 4.37. The normalized spacial score (nSPS) is 21.2. The second-order valence-corrected chi connectivity index (χ2v) is 9.98. The van der Waals surface area contributed by atoms with Gasteiger partial charge >= 0.3 is 0 Å². The number of nitrogen functional groups attached to an aromatic ring is 1. The molecule has 178 valence electrons. The molecule has 2 aromatic heterocycles. The van der Waals surface area contributed by atoms with E-state index in [0.717, 1.165) is 41.7 Å². The van der Waals surface area contributed by atoms with Gasteiger partial charge in [-0.25, -0.2) is 14.6 Å². The maximum atomic E-state index is 13.1. The lowest BCUT2D eigenvalue weighted by Gasteiger charge is -2.23. The van der Waals surface area contributed by atoms with E-state index in [1.54, 1.807) is 6.07 Å². The number of benzene rings is 2. The molecule has 3 unspecified atom stereocenters. The van der Waals surface area contributed by atoms with E-state index in [1.165, 1.54) is 11.9 Å². The van der Waals surface area contributed by atoms with Gasteiger partial charge in [0.05, 0.1) is 11.4 Å². The summed E-state index contributed by atoms with van der Waals surface area (Å²) in [6.07, 6.45) is 3.74. The number of amides is 1. The van der Waals surface area contributed by atoms with Gasteiger partial charge in [-0.3, -0.25) is 4.79 Å². The lowest BCUT2D eigenvalue weighted by molar-refractivity contribution is 0.102. The van der Waals surface area contributed by atoms with Crippen LogP contribution < -0.4 is 16.4 Å². The van der Waals surface area contributed by atoms with Gasteiger partial charge in [0, 0.05) is 22.9 Å². The molecule has 4 aromatic rings. The van der Waals surface area contributed by atoms with Crippen molar-refractivity contribution in [3.05, 3.63) is 66.0 Å². The first kappa shape index (κ1) is 21.7. The standard InChI is InChI=1S/C27H29N7O/c1-15(2)17-6-8-20(9-7-17)32-27(35)19-5-3-4-18(12-19)24-23-25(28)30-14-31-26(23)34(33-24)22-11-16-10-21(22)29-13-16/h3-9,12,14-16,21-22,29H,10-11,13H2,1-2H3,(H,32,35)(H2,28,30,31). The SMILES string of the molecule is CC(C)c1ccc(NC(=O)c2cccc(-c3nn(C4CC5CNC4C5)c4ncnc(N)c34)c2)cc1. The highest BCUT2D eigenvalue weighted by atomic mass is 16.1. The van der Waals surface area contributed by atoms with Crippen LogP contribution in [0.3, 0.4) is 0 Å². The van der Waals surface area contributed by atoms with Crippen LogP contribution in [-0.2, 0) is 0 Å². The Bertz CT molecular complexity index is 1410. The van der Waals surface area contributed by atoms with Gasteiger partial charge in [0.1, 0.15) is 17.8 Å². The molecular formula is C27H29N7O. The maximum absolute atomic E-state index is 13.1. The number of nitrogens with two attached hydrogens (primary N) is 1. The fourth-order valence-corrected chi connectivity index (χ4v) is 5.48. The average Bonchev–Trinajstić information content (AvgIpc) is 3.59. The molecular weight excluding hydrogens is 438 g/mol. The van der Waals surface area contributed by atoms with Crippen LogP contribution in [0.15, 0.2) is 54.9 Å². The van der Waals surface area contributed by atoms with Crippen LogP contribution >= 0.6 is 0 Å². The highest BCUT2D eigenvalue weighted by Crippen LogP contribution is 2.42. The van der Waals surface area contributed by atoms with Crippen LogP contribution in [-0.4, -0.2) is 38.2 Å². The number of aromatic nitrogens is 4. The van der Waals surface area contributed by atoms with E-state index in [0.29, 0.717) is 35.0 Å². The third kappa shape index (κ3) is 3.83. The molecule has 2 aromatic carbocycles. The van der Waals surface area contributed by atoms with Crippen LogP contribution in [0.4, 0.5) is 11.5 Å². The summed E-state index contributed by atoms with van der Waals surface area (Å²) in [7, 11) is 0. The van der Waals surface area contributed by atoms with Gasteiger partial charge in [-0.15, -0.1) is 0 Å². The van der Waals surface area contributed by atoms with Crippen molar-refractivity contribution < 1.29 is 4.79 Å². The van der Waals surface area contributed by atoms with Crippen molar-refractivity contribution in [3.63, 3.8) is 0 Å². The molecule has 2 aliphatic rings. The first-order valence-corrected chi connectivity index (χ1v) is 12.2. The zero-order valence-corrected chi connectivity index (χ0v) is 19.9. The summed E-state index contributed by atoms with van der Waals surface area (Å²) in [6, 6.07) is 16.1. The molecule has 6 rings (SSSR count). The van der Waals surface area contributed by atoms with Gasteiger partial charge in [-0.1, -0.05) is 38.1 Å². The van der Waals surface area contributed by atoms with Crippen LogP contribution in [0.2, 0.25) is 0 Å². The first-order chi connectivity index (χ1) is 17.0. The quantitative estimate of drug-likeness (QED) is 0.402. The van der Waals surface area contributed by atoms with Crippen LogP contribution in [0.5, 0.6) is 0 Å². The van der Waals surface area contributed by atoms with Gasteiger partial charge in [-0.2, -0.15) is 5.10 Å². The molecule has 1 saturated carbocycles. The largest absolute Gasteiger partial charge is 0.383 e. The maximum Gasteiger partial charge on any atom is 0.255 e. The average molecular weight is 468 g/mol. The summed E-state index contributed by atoms with van der Waals surface area (Å²) >= 11 is 0. The number of piperidine rings is 1. The molecule has 2 bridgehead atoms. The molecule has 0 radical (unpaired) electrons.